The standard InChI is InChI=1S/C10H11NO.C2H6/c1-3-10-11(2)8-6-4-5-7-9(8)12-10;1-2/h3-7H,1-2H3;1-2H3. The van der Waals surface area contributed by atoms with Crippen LogP contribution in [0.2, 0.25) is 0 Å². The summed E-state index contributed by atoms with van der Waals surface area (Å²) < 4.78 is 5.56. The summed E-state index contributed by atoms with van der Waals surface area (Å²) in [4.78, 5) is 2.04. The van der Waals surface area contributed by atoms with Crippen LogP contribution in [0.1, 0.15) is 20.8 Å². The van der Waals surface area contributed by atoms with Gasteiger partial charge >= 0.3 is 0 Å². The van der Waals surface area contributed by atoms with E-state index in [1.807, 2.05) is 63.1 Å². The third kappa shape index (κ3) is 1.74. The summed E-state index contributed by atoms with van der Waals surface area (Å²) >= 11 is 0. The summed E-state index contributed by atoms with van der Waals surface area (Å²) in [5.74, 6) is 1.84. The Morgan fingerprint density at radius 2 is 1.86 bits per heavy atom. The van der Waals surface area contributed by atoms with E-state index in [1.165, 1.54) is 0 Å². The number of anilines is 1. The lowest BCUT2D eigenvalue weighted by atomic mass is 10.3. The molecule has 1 heterocycles. The van der Waals surface area contributed by atoms with Crippen LogP contribution in [0.5, 0.6) is 5.75 Å². The summed E-state index contributed by atoms with van der Waals surface area (Å²) in [6, 6.07) is 8.01. The van der Waals surface area contributed by atoms with Crippen LogP contribution < -0.4 is 9.64 Å². The highest BCUT2D eigenvalue weighted by Crippen LogP contribution is 2.36. The monoisotopic (exact) mass is 191 g/mol. The molecule has 0 saturated carbocycles. The number of fused-ring (bicyclic) bond motifs is 1. The largest absolute Gasteiger partial charge is 0.439 e. The van der Waals surface area contributed by atoms with Gasteiger partial charge in [0, 0.05) is 7.05 Å². The third-order valence-electron chi connectivity index (χ3n) is 2.02. The number of nitrogens with zero attached hydrogens (tertiary/aromatic N) is 1. The first-order valence-electron chi connectivity index (χ1n) is 5.00. The number of hydrogen-bond donors (Lipinski definition) is 0. The van der Waals surface area contributed by atoms with Crippen LogP contribution in [0.15, 0.2) is 36.2 Å². The van der Waals surface area contributed by atoms with Crippen molar-refractivity contribution in [2.75, 3.05) is 11.9 Å². The Hall–Kier alpha value is -1.44. The van der Waals surface area contributed by atoms with Crippen molar-refractivity contribution in [1.82, 2.24) is 0 Å². The minimum absolute atomic E-state index is 0.899. The minimum Gasteiger partial charge on any atom is -0.439 e. The number of ether oxygens (including phenoxy) is 1. The molecule has 0 amide bonds. The van der Waals surface area contributed by atoms with Crippen molar-refractivity contribution >= 4 is 5.69 Å². The number of rotatable bonds is 0. The van der Waals surface area contributed by atoms with E-state index in [0.717, 1.165) is 17.3 Å². The smallest absolute Gasteiger partial charge is 0.196 e. The lowest BCUT2D eigenvalue weighted by Gasteiger charge is -2.09. The second-order valence-electron chi connectivity index (χ2n) is 2.76. The Bertz CT molecular complexity index is 331. The van der Waals surface area contributed by atoms with Gasteiger partial charge < -0.3 is 9.64 Å². The van der Waals surface area contributed by atoms with Gasteiger partial charge in [-0.2, -0.15) is 0 Å². The Kier molecular flexibility index (Phi) is 3.57. The van der Waals surface area contributed by atoms with E-state index in [9.17, 15) is 0 Å². The molecular weight excluding hydrogens is 174 g/mol. The topological polar surface area (TPSA) is 12.5 Å². The van der Waals surface area contributed by atoms with Crippen LogP contribution in [0.4, 0.5) is 5.69 Å². The third-order valence-corrected chi connectivity index (χ3v) is 2.02. The van der Waals surface area contributed by atoms with Crippen LogP contribution in [-0.2, 0) is 0 Å². The SMILES string of the molecule is CC.CC=C1Oc2ccccc2N1C. The predicted octanol–water partition coefficient (Wildman–Crippen LogP) is 3.40. The molecule has 0 saturated heterocycles. The zero-order valence-electron chi connectivity index (χ0n) is 9.24. The molecular formula is C12H17NO. The van der Waals surface area contributed by atoms with Gasteiger partial charge in [0.15, 0.2) is 11.6 Å². The van der Waals surface area contributed by atoms with Gasteiger partial charge in [-0.25, -0.2) is 0 Å². The Labute approximate surface area is 85.8 Å². The molecule has 14 heavy (non-hydrogen) atoms. The molecule has 2 nitrogen and oxygen atoms in total. The summed E-state index contributed by atoms with van der Waals surface area (Å²) in [6.45, 7) is 5.97. The van der Waals surface area contributed by atoms with Crippen molar-refractivity contribution in [3.05, 3.63) is 36.2 Å². The van der Waals surface area contributed by atoms with Gasteiger partial charge in [0.2, 0.25) is 0 Å². The molecule has 0 aromatic heterocycles. The van der Waals surface area contributed by atoms with Gasteiger partial charge in [-0.3, -0.25) is 0 Å². The maximum Gasteiger partial charge on any atom is 0.196 e. The van der Waals surface area contributed by atoms with Crippen molar-refractivity contribution < 1.29 is 4.74 Å². The van der Waals surface area contributed by atoms with Gasteiger partial charge in [0.1, 0.15) is 0 Å². The summed E-state index contributed by atoms with van der Waals surface area (Å²) in [6.07, 6.45) is 1.96. The van der Waals surface area contributed by atoms with Crippen molar-refractivity contribution in [2.45, 2.75) is 20.8 Å². The molecule has 0 N–H and O–H groups in total. The molecule has 0 atom stereocenters. The van der Waals surface area contributed by atoms with Gasteiger partial charge in [0.05, 0.1) is 5.69 Å². The Morgan fingerprint density at radius 3 is 2.43 bits per heavy atom. The summed E-state index contributed by atoms with van der Waals surface area (Å²) in [5, 5.41) is 0. The van der Waals surface area contributed by atoms with E-state index < -0.39 is 0 Å². The highest BCUT2D eigenvalue weighted by Gasteiger charge is 2.20. The number of para-hydroxylation sites is 2. The van der Waals surface area contributed by atoms with Gasteiger partial charge in [-0.15, -0.1) is 0 Å². The van der Waals surface area contributed by atoms with Crippen molar-refractivity contribution in [3.63, 3.8) is 0 Å². The van der Waals surface area contributed by atoms with Crippen molar-refractivity contribution in [1.29, 1.82) is 0 Å². The molecule has 1 aliphatic rings. The van der Waals surface area contributed by atoms with Crippen molar-refractivity contribution in [3.8, 4) is 5.75 Å². The summed E-state index contributed by atoms with van der Waals surface area (Å²) in [5.41, 5.74) is 1.13. The van der Waals surface area contributed by atoms with E-state index in [4.69, 9.17) is 4.74 Å². The summed E-state index contributed by atoms with van der Waals surface area (Å²) in [7, 11) is 2.00. The van der Waals surface area contributed by atoms with Crippen LogP contribution in [-0.4, -0.2) is 7.05 Å². The second kappa shape index (κ2) is 4.70. The van der Waals surface area contributed by atoms with Gasteiger partial charge in [-0.1, -0.05) is 26.0 Å². The Morgan fingerprint density at radius 1 is 1.21 bits per heavy atom. The second-order valence-corrected chi connectivity index (χ2v) is 2.76. The molecule has 0 radical (unpaired) electrons. The average Bonchev–Trinajstić information content (AvgIpc) is 2.59. The number of hydrogen-bond acceptors (Lipinski definition) is 2. The van der Waals surface area contributed by atoms with Crippen LogP contribution in [0.3, 0.4) is 0 Å². The fourth-order valence-electron chi connectivity index (χ4n) is 1.37. The van der Waals surface area contributed by atoms with E-state index >= 15 is 0 Å². The van der Waals surface area contributed by atoms with E-state index in [2.05, 4.69) is 0 Å². The number of allylic oxidation sites excluding steroid dienone is 1. The molecule has 0 spiro atoms. The lowest BCUT2D eigenvalue weighted by Crippen LogP contribution is -2.12. The van der Waals surface area contributed by atoms with E-state index in [-0.39, 0.29) is 0 Å². The average molecular weight is 191 g/mol. The highest BCUT2D eigenvalue weighted by molar-refractivity contribution is 5.65. The first-order chi connectivity index (χ1) is 6.83. The fourth-order valence-corrected chi connectivity index (χ4v) is 1.37. The predicted molar refractivity (Wildman–Crippen MR) is 60.6 cm³/mol. The fraction of sp³-hybridized carbons (Fsp3) is 0.333. The lowest BCUT2D eigenvalue weighted by molar-refractivity contribution is 0.442. The van der Waals surface area contributed by atoms with Crippen LogP contribution >= 0.6 is 0 Å². The Balaban J connectivity index is 0.000000461. The van der Waals surface area contributed by atoms with Crippen LogP contribution in [0.25, 0.3) is 0 Å². The molecule has 76 valence electrons. The zero-order chi connectivity index (χ0) is 10.6. The normalized spacial score (nSPS) is 15.7. The van der Waals surface area contributed by atoms with E-state index in [0.29, 0.717) is 0 Å². The number of benzene rings is 1. The molecule has 2 heteroatoms. The minimum atomic E-state index is 0.899. The molecule has 0 fully saturated rings. The molecule has 1 aromatic rings. The molecule has 2 rings (SSSR count). The molecule has 0 unspecified atom stereocenters. The first-order valence-corrected chi connectivity index (χ1v) is 5.00. The maximum atomic E-state index is 5.56. The quantitative estimate of drug-likeness (QED) is 0.623. The van der Waals surface area contributed by atoms with Gasteiger partial charge in [-0.05, 0) is 25.1 Å². The van der Waals surface area contributed by atoms with Gasteiger partial charge in [0.25, 0.3) is 0 Å². The molecule has 1 aromatic carbocycles. The van der Waals surface area contributed by atoms with Crippen LogP contribution in [0, 0.1) is 0 Å². The van der Waals surface area contributed by atoms with E-state index in [1.54, 1.807) is 0 Å². The molecule has 1 aliphatic heterocycles. The first kappa shape index (κ1) is 10.6. The highest BCUT2D eigenvalue weighted by atomic mass is 16.5. The zero-order valence-corrected chi connectivity index (χ0v) is 9.24. The van der Waals surface area contributed by atoms with Crippen molar-refractivity contribution in [2.24, 2.45) is 0 Å². The molecule has 0 bridgehead atoms. The molecule has 0 aliphatic carbocycles. The maximum absolute atomic E-state index is 5.56.